The molecule has 0 saturated heterocycles. The molecular formula is C8H14BrN5S. The minimum absolute atomic E-state index is 0.421. The smallest absolute Gasteiger partial charge is 0.239 e. The van der Waals surface area contributed by atoms with Gasteiger partial charge in [0.1, 0.15) is 5.82 Å². The first-order valence-corrected chi connectivity index (χ1v) is 6.57. The Morgan fingerprint density at radius 1 is 1.67 bits per heavy atom. The van der Waals surface area contributed by atoms with E-state index in [1.807, 2.05) is 7.05 Å². The van der Waals surface area contributed by atoms with Crippen LogP contribution in [0.25, 0.3) is 0 Å². The summed E-state index contributed by atoms with van der Waals surface area (Å²) in [6.45, 7) is 0.931. The summed E-state index contributed by atoms with van der Waals surface area (Å²) in [5.41, 5.74) is 2.43. The maximum Gasteiger partial charge on any atom is 0.239 e. The van der Waals surface area contributed by atoms with E-state index >= 15 is 0 Å². The lowest BCUT2D eigenvalue weighted by atomic mass is 10.5. The third-order valence-corrected chi connectivity index (χ3v) is 3.00. The number of nitrogen functional groups attached to an aromatic ring is 1. The molecule has 0 aliphatic heterocycles. The first-order valence-electron chi connectivity index (χ1n) is 4.38. The van der Waals surface area contributed by atoms with Crippen molar-refractivity contribution in [2.24, 2.45) is 5.84 Å². The average molecular weight is 292 g/mol. The number of nitrogens with zero attached hydrogens (tertiary/aromatic N) is 3. The summed E-state index contributed by atoms with van der Waals surface area (Å²) in [7, 11) is 1.99. The molecule has 1 rings (SSSR count). The van der Waals surface area contributed by atoms with Gasteiger partial charge in [0.2, 0.25) is 5.95 Å². The van der Waals surface area contributed by atoms with Gasteiger partial charge in [0.05, 0.1) is 4.47 Å². The molecular weight excluding hydrogens is 278 g/mol. The molecule has 1 aromatic rings. The highest BCUT2D eigenvalue weighted by Gasteiger charge is 2.08. The van der Waals surface area contributed by atoms with E-state index in [1.54, 1.807) is 18.0 Å². The van der Waals surface area contributed by atoms with E-state index < -0.39 is 0 Å². The maximum atomic E-state index is 5.26. The Hall–Kier alpha value is -0.530. The van der Waals surface area contributed by atoms with Gasteiger partial charge < -0.3 is 4.90 Å². The van der Waals surface area contributed by atoms with Crippen LogP contribution in [0.1, 0.15) is 0 Å². The van der Waals surface area contributed by atoms with Gasteiger partial charge in [0, 0.05) is 25.5 Å². The molecule has 0 aromatic carbocycles. The molecule has 3 N–H and O–H groups in total. The van der Waals surface area contributed by atoms with Gasteiger partial charge in [-0.3, -0.25) is 5.43 Å². The second kappa shape index (κ2) is 6.14. The van der Waals surface area contributed by atoms with Crippen molar-refractivity contribution >= 4 is 39.5 Å². The largest absolute Gasteiger partial charge is 0.358 e. The van der Waals surface area contributed by atoms with E-state index in [0.717, 1.165) is 22.6 Å². The molecule has 0 radical (unpaired) electrons. The summed E-state index contributed by atoms with van der Waals surface area (Å²) in [6.07, 6.45) is 3.77. The van der Waals surface area contributed by atoms with Crippen LogP contribution in [0.4, 0.5) is 11.8 Å². The lowest BCUT2D eigenvalue weighted by Gasteiger charge is -2.19. The topological polar surface area (TPSA) is 67.1 Å². The second-order valence-corrected chi connectivity index (χ2v) is 4.76. The van der Waals surface area contributed by atoms with Crippen LogP contribution in [0.2, 0.25) is 0 Å². The van der Waals surface area contributed by atoms with Gasteiger partial charge in [0.15, 0.2) is 0 Å². The fourth-order valence-corrected chi connectivity index (χ4v) is 1.98. The van der Waals surface area contributed by atoms with Crippen LogP contribution >= 0.6 is 27.7 Å². The molecule has 0 aliphatic rings. The van der Waals surface area contributed by atoms with Crippen LogP contribution in [-0.2, 0) is 0 Å². The molecule has 0 aliphatic carbocycles. The summed E-state index contributed by atoms with van der Waals surface area (Å²) >= 11 is 5.21. The Bertz CT molecular complexity index is 322. The number of nitrogens with one attached hydrogen (secondary N) is 1. The van der Waals surface area contributed by atoms with Crippen LogP contribution in [0.15, 0.2) is 10.7 Å². The molecule has 0 amide bonds. The number of aromatic nitrogens is 2. The van der Waals surface area contributed by atoms with E-state index in [-0.39, 0.29) is 0 Å². The van der Waals surface area contributed by atoms with Crippen molar-refractivity contribution in [2.45, 2.75) is 0 Å². The predicted octanol–water partition coefficient (Wildman–Crippen LogP) is 1.32. The van der Waals surface area contributed by atoms with Gasteiger partial charge in [-0.1, -0.05) is 0 Å². The normalized spacial score (nSPS) is 10.1. The molecule has 0 fully saturated rings. The lowest BCUT2D eigenvalue weighted by Crippen LogP contribution is -2.23. The highest BCUT2D eigenvalue weighted by molar-refractivity contribution is 9.10. The summed E-state index contributed by atoms with van der Waals surface area (Å²) in [5.74, 6) is 7.57. The van der Waals surface area contributed by atoms with E-state index in [4.69, 9.17) is 5.84 Å². The molecule has 0 saturated carbocycles. The van der Waals surface area contributed by atoms with Gasteiger partial charge in [0.25, 0.3) is 0 Å². The number of hydrazine groups is 1. The number of hydrogen-bond donors (Lipinski definition) is 2. The molecule has 7 heteroatoms. The van der Waals surface area contributed by atoms with E-state index in [0.29, 0.717) is 5.95 Å². The highest BCUT2D eigenvalue weighted by atomic mass is 79.9. The molecule has 0 unspecified atom stereocenters. The number of hydrogen-bond acceptors (Lipinski definition) is 6. The van der Waals surface area contributed by atoms with Crippen molar-refractivity contribution in [3.8, 4) is 0 Å². The number of halogens is 1. The van der Waals surface area contributed by atoms with Crippen molar-refractivity contribution in [3.63, 3.8) is 0 Å². The average Bonchev–Trinajstić information content (AvgIpc) is 2.26. The third kappa shape index (κ3) is 3.51. The first-order chi connectivity index (χ1) is 7.19. The van der Waals surface area contributed by atoms with Crippen molar-refractivity contribution in [1.82, 2.24) is 9.97 Å². The second-order valence-electron chi connectivity index (χ2n) is 2.92. The van der Waals surface area contributed by atoms with Gasteiger partial charge in [-0.15, -0.1) is 0 Å². The number of nitrogens with two attached hydrogens (primary N) is 1. The monoisotopic (exact) mass is 291 g/mol. The molecule has 1 heterocycles. The minimum atomic E-state index is 0.421. The Kier molecular flexibility index (Phi) is 5.13. The number of rotatable bonds is 5. The molecule has 5 nitrogen and oxygen atoms in total. The minimum Gasteiger partial charge on any atom is -0.358 e. The van der Waals surface area contributed by atoms with Crippen LogP contribution in [0.5, 0.6) is 0 Å². The van der Waals surface area contributed by atoms with Crippen LogP contribution in [0, 0.1) is 0 Å². The summed E-state index contributed by atoms with van der Waals surface area (Å²) in [6, 6.07) is 0. The first kappa shape index (κ1) is 12.5. The number of anilines is 2. The van der Waals surface area contributed by atoms with Gasteiger partial charge in [-0.25, -0.2) is 10.8 Å². The van der Waals surface area contributed by atoms with E-state index in [2.05, 4.69) is 42.5 Å². The summed E-state index contributed by atoms with van der Waals surface area (Å²) < 4.78 is 0.866. The molecule has 1 aromatic heterocycles. The van der Waals surface area contributed by atoms with E-state index in [9.17, 15) is 0 Å². The molecule has 0 spiro atoms. The van der Waals surface area contributed by atoms with Crippen molar-refractivity contribution in [1.29, 1.82) is 0 Å². The third-order valence-electron chi connectivity index (χ3n) is 1.85. The molecule has 84 valence electrons. The Morgan fingerprint density at radius 3 is 3.00 bits per heavy atom. The van der Waals surface area contributed by atoms with Crippen molar-refractivity contribution in [3.05, 3.63) is 10.7 Å². The Morgan fingerprint density at radius 2 is 2.40 bits per heavy atom. The van der Waals surface area contributed by atoms with Gasteiger partial charge in [-0.2, -0.15) is 16.7 Å². The van der Waals surface area contributed by atoms with Crippen molar-refractivity contribution < 1.29 is 0 Å². The van der Waals surface area contributed by atoms with Crippen LogP contribution in [-0.4, -0.2) is 35.6 Å². The summed E-state index contributed by atoms with van der Waals surface area (Å²) in [4.78, 5) is 10.3. The maximum absolute atomic E-state index is 5.26. The number of thioether (sulfide) groups is 1. The highest BCUT2D eigenvalue weighted by Crippen LogP contribution is 2.23. The molecule has 0 bridgehead atoms. The van der Waals surface area contributed by atoms with Crippen LogP contribution in [0.3, 0.4) is 0 Å². The van der Waals surface area contributed by atoms with Crippen LogP contribution < -0.4 is 16.2 Å². The Balaban J connectivity index is 2.81. The zero-order valence-electron chi connectivity index (χ0n) is 8.70. The lowest BCUT2D eigenvalue weighted by molar-refractivity contribution is 0.929. The SMILES string of the molecule is CSCCN(C)c1nc(NN)ncc1Br. The van der Waals surface area contributed by atoms with E-state index in [1.165, 1.54) is 0 Å². The fraction of sp³-hybridized carbons (Fsp3) is 0.500. The van der Waals surface area contributed by atoms with Gasteiger partial charge >= 0.3 is 0 Å². The zero-order valence-corrected chi connectivity index (χ0v) is 11.1. The van der Waals surface area contributed by atoms with Gasteiger partial charge in [-0.05, 0) is 22.2 Å². The molecule has 15 heavy (non-hydrogen) atoms. The van der Waals surface area contributed by atoms with Crippen molar-refractivity contribution in [2.75, 3.05) is 35.9 Å². The fourth-order valence-electron chi connectivity index (χ4n) is 1.03. The zero-order chi connectivity index (χ0) is 11.3. The summed E-state index contributed by atoms with van der Waals surface area (Å²) in [5, 5.41) is 0. The quantitative estimate of drug-likeness (QED) is 0.630. The predicted molar refractivity (Wildman–Crippen MR) is 69.2 cm³/mol. The standard InChI is InChI=1S/C8H14BrN5S/c1-14(3-4-15-2)7-6(9)5-11-8(12-7)13-10/h5H,3-4,10H2,1-2H3,(H,11,12,13). The Labute approximate surface area is 102 Å². The molecule has 0 atom stereocenters.